The third-order valence-corrected chi connectivity index (χ3v) is 6.41. The largest absolute Gasteiger partial charge is 0.495 e. The van der Waals surface area contributed by atoms with E-state index in [2.05, 4.69) is 26.0 Å². The molecule has 5 nitrogen and oxygen atoms in total. The van der Waals surface area contributed by atoms with Gasteiger partial charge in [-0.25, -0.2) is 0 Å². The van der Waals surface area contributed by atoms with Crippen LogP contribution in [-0.4, -0.2) is 35.8 Å². The first kappa shape index (κ1) is 25.5. The van der Waals surface area contributed by atoms with Crippen molar-refractivity contribution in [3.05, 3.63) is 59.7 Å². The minimum Gasteiger partial charge on any atom is -0.488 e. The number of aldehydes is 1. The van der Waals surface area contributed by atoms with Gasteiger partial charge >= 0.3 is 7.12 Å². The molecule has 1 aliphatic heterocycles. The topological polar surface area (TPSA) is 54.0 Å². The van der Waals surface area contributed by atoms with E-state index in [9.17, 15) is 4.79 Å². The van der Waals surface area contributed by atoms with Crippen molar-refractivity contribution in [1.82, 2.24) is 0 Å². The van der Waals surface area contributed by atoms with Gasteiger partial charge in [0.05, 0.1) is 23.4 Å². The lowest BCUT2D eigenvalue weighted by atomic mass is 9.76. The first-order valence-corrected chi connectivity index (χ1v) is 11.6. The summed E-state index contributed by atoms with van der Waals surface area (Å²) in [6.07, 6.45) is 1.50. The lowest BCUT2D eigenvalue weighted by molar-refractivity contribution is -0.0737. The van der Waals surface area contributed by atoms with E-state index >= 15 is 0 Å². The number of ether oxygens (including phenoxy) is 2. The number of hydrogen-bond donors (Lipinski definition) is 0. The number of rotatable bonds is 9. The minimum absolute atomic E-state index is 0.392. The molecule has 6 heteroatoms. The zero-order valence-electron chi connectivity index (χ0n) is 21.2. The molecule has 0 aliphatic carbocycles. The quantitative estimate of drug-likeness (QED) is 0.380. The summed E-state index contributed by atoms with van der Waals surface area (Å²) in [6, 6.07) is 15.6. The zero-order chi connectivity index (χ0) is 24.5. The van der Waals surface area contributed by atoms with Crippen LogP contribution in [0.15, 0.2) is 48.5 Å². The van der Waals surface area contributed by atoms with Crippen LogP contribution in [0.4, 0.5) is 0 Å². The molecule has 2 aromatic rings. The van der Waals surface area contributed by atoms with Gasteiger partial charge in [0, 0.05) is 12.0 Å². The molecule has 178 valence electrons. The predicted octanol–water partition coefficient (Wildman–Crippen LogP) is 5.34. The van der Waals surface area contributed by atoms with Gasteiger partial charge < -0.3 is 18.8 Å². The van der Waals surface area contributed by atoms with Gasteiger partial charge in [-0.2, -0.15) is 0 Å². The maximum absolute atomic E-state index is 11.7. The van der Waals surface area contributed by atoms with E-state index in [1.165, 1.54) is 0 Å². The maximum atomic E-state index is 11.7. The molecular formula is C27H37BO5. The smallest absolute Gasteiger partial charge is 0.488 e. The molecule has 0 N–H and O–H groups in total. The summed E-state index contributed by atoms with van der Waals surface area (Å²) in [5.74, 6) is 0.661. The Morgan fingerprint density at radius 3 is 2.09 bits per heavy atom. The van der Waals surface area contributed by atoms with Crippen LogP contribution in [0.25, 0.3) is 0 Å². The summed E-state index contributed by atoms with van der Waals surface area (Å²) in [4.78, 5) is 11.7. The molecule has 0 spiro atoms. The normalized spacial score (nSPS) is 17.8. The Hall–Kier alpha value is -2.15. The Labute approximate surface area is 198 Å². The second kappa shape index (κ2) is 9.24. The van der Waals surface area contributed by atoms with Crippen molar-refractivity contribution < 1.29 is 23.6 Å². The Morgan fingerprint density at radius 2 is 1.52 bits per heavy atom. The number of carbonyl (C=O) groups excluding carboxylic acids is 1. The van der Waals surface area contributed by atoms with Crippen LogP contribution in [0, 0.1) is 0 Å². The number of hydrogen-bond acceptors (Lipinski definition) is 5. The molecule has 1 aliphatic rings. The summed E-state index contributed by atoms with van der Waals surface area (Å²) in [5.41, 5.74) is 0.469. The van der Waals surface area contributed by atoms with Crippen LogP contribution >= 0.6 is 0 Å². The van der Waals surface area contributed by atoms with E-state index in [0.29, 0.717) is 29.8 Å². The summed E-state index contributed by atoms with van der Waals surface area (Å²) < 4.78 is 24.9. The van der Waals surface area contributed by atoms with Gasteiger partial charge in [0.25, 0.3) is 0 Å². The molecule has 0 amide bonds. The maximum Gasteiger partial charge on any atom is 0.495 e. The first-order chi connectivity index (χ1) is 15.2. The fraction of sp³-hybridized carbons (Fsp3) is 0.519. The second-order valence-electron chi connectivity index (χ2n) is 11.1. The van der Waals surface area contributed by atoms with Gasteiger partial charge in [0.1, 0.15) is 17.6 Å². The monoisotopic (exact) mass is 452 g/mol. The van der Waals surface area contributed by atoms with E-state index < -0.39 is 29.5 Å². The molecule has 2 aromatic carbocycles. The molecule has 1 heterocycles. The third kappa shape index (κ3) is 6.26. The zero-order valence-corrected chi connectivity index (χ0v) is 21.2. The SMILES string of the molecule is CC(C)(CC(C)(C)Oc1ccc(C=O)c(B2OC(C)(C)C(C)(C)O2)c1)OCc1ccccc1. The molecule has 0 saturated carbocycles. The van der Waals surface area contributed by atoms with Crippen molar-refractivity contribution in [3.63, 3.8) is 0 Å². The second-order valence-corrected chi connectivity index (χ2v) is 11.1. The van der Waals surface area contributed by atoms with E-state index in [-0.39, 0.29) is 0 Å². The Bertz CT molecular complexity index is 950. The van der Waals surface area contributed by atoms with Crippen LogP contribution in [0.2, 0.25) is 0 Å². The average Bonchev–Trinajstić information content (AvgIpc) is 2.93. The lowest BCUT2D eigenvalue weighted by Gasteiger charge is -2.35. The number of benzene rings is 2. The van der Waals surface area contributed by atoms with Crippen molar-refractivity contribution in [3.8, 4) is 5.75 Å². The fourth-order valence-electron chi connectivity index (χ4n) is 4.18. The van der Waals surface area contributed by atoms with E-state index in [1.807, 2.05) is 71.9 Å². The van der Waals surface area contributed by atoms with Crippen molar-refractivity contribution in [2.45, 2.75) is 90.8 Å². The summed E-state index contributed by atoms with van der Waals surface area (Å²) in [6.45, 7) is 16.8. The third-order valence-electron chi connectivity index (χ3n) is 6.41. The van der Waals surface area contributed by atoms with Gasteiger partial charge in [-0.3, -0.25) is 4.79 Å². The van der Waals surface area contributed by atoms with Gasteiger partial charge in [-0.05, 0) is 84.6 Å². The van der Waals surface area contributed by atoms with E-state index in [1.54, 1.807) is 6.07 Å². The highest BCUT2D eigenvalue weighted by atomic mass is 16.7. The molecule has 0 radical (unpaired) electrons. The predicted molar refractivity (Wildman–Crippen MR) is 132 cm³/mol. The van der Waals surface area contributed by atoms with E-state index in [4.69, 9.17) is 18.8 Å². The minimum atomic E-state index is -0.632. The number of carbonyl (C=O) groups is 1. The lowest BCUT2D eigenvalue weighted by Crippen LogP contribution is -2.41. The fourth-order valence-corrected chi connectivity index (χ4v) is 4.18. The molecule has 3 rings (SSSR count). The van der Waals surface area contributed by atoms with Gasteiger partial charge in [-0.15, -0.1) is 0 Å². The molecule has 0 atom stereocenters. The standard InChI is InChI=1S/C27H37BO5/c1-24(2,30-18-20-12-10-9-11-13-20)19-25(3,4)31-22-15-14-21(17-29)23(16-22)28-32-26(5,6)27(7,8)33-28/h9-17H,18-19H2,1-8H3. The average molecular weight is 452 g/mol. The highest BCUT2D eigenvalue weighted by molar-refractivity contribution is 6.63. The molecule has 0 unspecified atom stereocenters. The van der Waals surface area contributed by atoms with Gasteiger partial charge in [-0.1, -0.05) is 30.3 Å². The summed E-state index contributed by atoms with van der Waals surface area (Å²) in [5, 5.41) is 0. The summed E-state index contributed by atoms with van der Waals surface area (Å²) in [7, 11) is -0.632. The molecule has 0 aromatic heterocycles. The van der Waals surface area contributed by atoms with Crippen LogP contribution in [-0.2, 0) is 20.7 Å². The Balaban J connectivity index is 1.73. The highest BCUT2D eigenvalue weighted by Gasteiger charge is 2.52. The molecule has 0 bridgehead atoms. The van der Waals surface area contributed by atoms with Crippen molar-refractivity contribution in [1.29, 1.82) is 0 Å². The van der Waals surface area contributed by atoms with Crippen molar-refractivity contribution in [2.75, 3.05) is 0 Å². The Kier molecular flexibility index (Phi) is 7.14. The van der Waals surface area contributed by atoms with Gasteiger partial charge in [0.2, 0.25) is 0 Å². The highest BCUT2D eigenvalue weighted by Crippen LogP contribution is 2.37. The molecular weight excluding hydrogens is 415 g/mol. The molecule has 1 saturated heterocycles. The van der Waals surface area contributed by atoms with E-state index in [0.717, 1.165) is 11.8 Å². The Morgan fingerprint density at radius 1 is 0.909 bits per heavy atom. The van der Waals surface area contributed by atoms with Gasteiger partial charge in [0.15, 0.2) is 0 Å². The van der Waals surface area contributed by atoms with Crippen molar-refractivity contribution in [2.24, 2.45) is 0 Å². The van der Waals surface area contributed by atoms with Crippen LogP contribution in [0.3, 0.4) is 0 Å². The van der Waals surface area contributed by atoms with Crippen LogP contribution in [0.5, 0.6) is 5.75 Å². The molecule has 1 fully saturated rings. The summed E-state index contributed by atoms with van der Waals surface area (Å²) >= 11 is 0. The van der Waals surface area contributed by atoms with Crippen LogP contribution in [0.1, 0.15) is 77.7 Å². The van der Waals surface area contributed by atoms with Crippen molar-refractivity contribution >= 4 is 18.9 Å². The first-order valence-electron chi connectivity index (χ1n) is 11.6. The van der Waals surface area contributed by atoms with Crippen LogP contribution < -0.4 is 10.2 Å². The molecule has 33 heavy (non-hydrogen) atoms.